The van der Waals surface area contributed by atoms with Crippen LogP contribution in [0.5, 0.6) is 0 Å². The third-order valence-corrected chi connectivity index (χ3v) is 2.84. The van der Waals surface area contributed by atoms with Crippen molar-refractivity contribution in [3.05, 3.63) is 35.7 Å². The van der Waals surface area contributed by atoms with Crippen LogP contribution in [0, 0.1) is 0 Å². The zero-order valence-electron chi connectivity index (χ0n) is 9.54. The average molecular weight is 265 g/mol. The van der Waals surface area contributed by atoms with Gasteiger partial charge in [0.15, 0.2) is 10.9 Å². The van der Waals surface area contributed by atoms with Gasteiger partial charge in [-0.25, -0.2) is 4.98 Å². The molecule has 94 valence electrons. The third-order valence-electron chi connectivity index (χ3n) is 2.15. The summed E-state index contributed by atoms with van der Waals surface area (Å²) in [5.74, 6) is -0.587. The molecule has 2 rings (SSSR count). The van der Waals surface area contributed by atoms with E-state index in [1.165, 1.54) is 23.7 Å². The quantitative estimate of drug-likeness (QED) is 0.877. The molecule has 0 radical (unpaired) electrons. The maximum atomic E-state index is 11.7. The van der Waals surface area contributed by atoms with E-state index < -0.39 is 11.9 Å². The highest BCUT2D eigenvalue weighted by Gasteiger charge is 2.18. The second kappa shape index (κ2) is 5.46. The number of carbonyl (C=O) groups excluding carboxylic acids is 2. The summed E-state index contributed by atoms with van der Waals surface area (Å²) in [7, 11) is 0. The predicted molar refractivity (Wildman–Crippen MR) is 66.4 cm³/mol. The number of anilines is 1. The van der Waals surface area contributed by atoms with Crippen LogP contribution in [0.3, 0.4) is 0 Å². The second-order valence-corrected chi connectivity index (χ2v) is 4.39. The van der Waals surface area contributed by atoms with E-state index in [9.17, 15) is 9.59 Å². The van der Waals surface area contributed by atoms with Gasteiger partial charge in [-0.05, 0) is 19.1 Å². The number of nitrogens with one attached hydrogen (secondary N) is 2. The van der Waals surface area contributed by atoms with Crippen molar-refractivity contribution in [1.29, 1.82) is 0 Å². The average Bonchev–Trinajstić information content (AvgIpc) is 3.01. The first kappa shape index (κ1) is 12.3. The topological polar surface area (TPSA) is 84.2 Å². The number of hydrogen-bond acceptors (Lipinski definition) is 5. The Morgan fingerprint density at radius 1 is 1.50 bits per heavy atom. The van der Waals surface area contributed by atoms with Crippen LogP contribution in [-0.4, -0.2) is 22.8 Å². The molecule has 0 saturated carbocycles. The Morgan fingerprint density at radius 3 is 2.94 bits per heavy atom. The maximum Gasteiger partial charge on any atom is 0.287 e. The molecule has 2 heterocycles. The molecule has 2 N–H and O–H groups in total. The summed E-state index contributed by atoms with van der Waals surface area (Å²) in [4.78, 5) is 27.3. The van der Waals surface area contributed by atoms with E-state index in [2.05, 4.69) is 15.6 Å². The summed E-state index contributed by atoms with van der Waals surface area (Å²) >= 11 is 1.31. The largest absolute Gasteiger partial charge is 0.459 e. The molecule has 0 saturated heterocycles. The Labute approximate surface area is 107 Å². The molecule has 2 aromatic heterocycles. The Balaban J connectivity index is 1.89. The summed E-state index contributed by atoms with van der Waals surface area (Å²) < 4.78 is 4.93. The number of amides is 2. The Hall–Kier alpha value is -2.15. The van der Waals surface area contributed by atoms with Crippen molar-refractivity contribution in [3.8, 4) is 0 Å². The molecule has 0 unspecified atom stereocenters. The minimum atomic E-state index is -0.675. The Kier molecular flexibility index (Phi) is 3.73. The molecule has 0 aliphatic heterocycles. The molecule has 2 aromatic rings. The van der Waals surface area contributed by atoms with Crippen LogP contribution in [0.2, 0.25) is 0 Å². The minimum absolute atomic E-state index is 0.170. The molecule has 0 bridgehead atoms. The van der Waals surface area contributed by atoms with Crippen LogP contribution in [0.4, 0.5) is 5.13 Å². The predicted octanol–water partition coefficient (Wildman–Crippen LogP) is 1.49. The lowest BCUT2D eigenvalue weighted by Gasteiger charge is -2.11. The summed E-state index contributed by atoms with van der Waals surface area (Å²) in [6, 6.07) is 2.46. The molecule has 0 fully saturated rings. The van der Waals surface area contributed by atoms with Gasteiger partial charge in [-0.1, -0.05) is 0 Å². The fourth-order valence-electron chi connectivity index (χ4n) is 1.24. The lowest BCUT2D eigenvalue weighted by atomic mass is 10.3. The highest BCUT2D eigenvalue weighted by molar-refractivity contribution is 7.13. The van der Waals surface area contributed by atoms with Gasteiger partial charge in [0.2, 0.25) is 5.91 Å². The van der Waals surface area contributed by atoms with Crippen LogP contribution in [0.15, 0.2) is 34.4 Å². The first-order valence-corrected chi connectivity index (χ1v) is 6.09. The molecule has 0 aliphatic rings. The fourth-order valence-corrected chi connectivity index (χ4v) is 1.77. The lowest BCUT2D eigenvalue weighted by molar-refractivity contribution is -0.117. The standard InChI is InChI=1S/C11H11N3O3S/c1-7(9(15)14-11-12-4-6-18-11)13-10(16)8-3-2-5-17-8/h2-7H,1H3,(H,13,16)(H,12,14,15)/t7-/m1/s1. The van der Waals surface area contributed by atoms with Gasteiger partial charge in [0.05, 0.1) is 6.26 Å². The van der Waals surface area contributed by atoms with E-state index in [1.807, 2.05) is 0 Å². The van der Waals surface area contributed by atoms with E-state index in [1.54, 1.807) is 24.6 Å². The lowest BCUT2D eigenvalue weighted by Crippen LogP contribution is -2.41. The van der Waals surface area contributed by atoms with Gasteiger partial charge in [-0.2, -0.15) is 0 Å². The number of thiazole rings is 1. The molecule has 0 aliphatic carbocycles. The first-order chi connectivity index (χ1) is 8.66. The van der Waals surface area contributed by atoms with E-state index in [0.717, 1.165) is 0 Å². The summed E-state index contributed by atoms with van der Waals surface area (Å²) in [5.41, 5.74) is 0. The van der Waals surface area contributed by atoms with Gasteiger partial charge < -0.3 is 15.1 Å². The van der Waals surface area contributed by atoms with Crippen molar-refractivity contribution < 1.29 is 14.0 Å². The van der Waals surface area contributed by atoms with Crippen molar-refractivity contribution in [3.63, 3.8) is 0 Å². The molecule has 7 heteroatoms. The number of aromatic nitrogens is 1. The molecule has 2 amide bonds. The van der Waals surface area contributed by atoms with Crippen molar-refractivity contribution in [1.82, 2.24) is 10.3 Å². The molecule has 0 spiro atoms. The van der Waals surface area contributed by atoms with Crippen molar-refractivity contribution in [2.45, 2.75) is 13.0 Å². The zero-order valence-corrected chi connectivity index (χ0v) is 10.4. The van der Waals surface area contributed by atoms with Crippen LogP contribution in [0.1, 0.15) is 17.5 Å². The number of hydrogen-bond donors (Lipinski definition) is 2. The number of nitrogens with zero attached hydrogens (tertiary/aromatic N) is 1. The molecular weight excluding hydrogens is 254 g/mol. The fraction of sp³-hybridized carbons (Fsp3) is 0.182. The molecule has 1 atom stereocenters. The van der Waals surface area contributed by atoms with Gasteiger partial charge in [0.25, 0.3) is 5.91 Å². The van der Waals surface area contributed by atoms with Crippen LogP contribution in [-0.2, 0) is 4.79 Å². The highest BCUT2D eigenvalue weighted by Crippen LogP contribution is 2.10. The van der Waals surface area contributed by atoms with E-state index in [-0.39, 0.29) is 11.7 Å². The van der Waals surface area contributed by atoms with Crippen LogP contribution in [0.25, 0.3) is 0 Å². The highest BCUT2D eigenvalue weighted by atomic mass is 32.1. The second-order valence-electron chi connectivity index (χ2n) is 3.50. The third kappa shape index (κ3) is 2.95. The van der Waals surface area contributed by atoms with E-state index >= 15 is 0 Å². The minimum Gasteiger partial charge on any atom is -0.459 e. The molecule has 18 heavy (non-hydrogen) atoms. The SMILES string of the molecule is C[C@@H](NC(=O)c1ccco1)C(=O)Nc1nccs1. The van der Waals surface area contributed by atoms with Gasteiger partial charge in [-0.15, -0.1) is 11.3 Å². The molecular formula is C11H11N3O3S. The smallest absolute Gasteiger partial charge is 0.287 e. The van der Waals surface area contributed by atoms with E-state index in [0.29, 0.717) is 5.13 Å². The van der Waals surface area contributed by atoms with Crippen LogP contribution >= 0.6 is 11.3 Å². The van der Waals surface area contributed by atoms with Gasteiger partial charge in [-0.3, -0.25) is 9.59 Å². The number of furan rings is 1. The summed E-state index contributed by atoms with van der Waals surface area (Å²) in [6.45, 7) is 1.59. The normalized spacial score (nSPS) is 11.8. The van der Waals surface area contributed by atoms with E-state index in [4.69, 9.17) is 4.42 Å². The molecule has 6 nitrogen and oxygen atoms in total. The van der Waals surface area contributed by atoms with Crippen molar-refractivity contribution in [2.24, 2.45) is 0 Å². The first-order valence-electron chi connectivity index (χ1n) is 5.21. The Morgan fingerprint density at radius 2 is 2.33 bits per heavy atom. The van der Waals surface area contributed by atoms with Crippen molar-refractivity contribution >= 4 is 28.3 Å². The van der Waals surface area contributed by atoms with Gasteiger partial charge in [0, 0.05) is 11.6 Å². The number of carbonyl (C=O) groups is 2. The van der Waals surface area contributed by atoms with Crippen LogP contribution < -0.4 is 10.6 Å². The zero-order chi connectivity index (χ0) is 13.0. The maximum absolute atomic E-state index is 11.7. The monoisotopic (exact) mass is 265 g/mol. The molecule has 0 aromatic carbocycles. The van der Waals surface area contributed by atoms with Gasteiger partial charge in [0.1, 0.15) is 6.04 Å². The number of rotatable bonds is 4. The van der Waals surface area contributed by atoms with Gasteiger partial charge >= 0.3 is 0 Å². The summed E-state index contributed by atoms with van der Waals surface area (Å²) in [6.07, 6.45) is 2.99. The Bertz CT molecular complexity index is 522. The summed E-state index contributed by atoms with van der Waals surface area (Å²) in [5, 5.41) is 7.37. The van der Waals surface area contributed by atoms with Crippen molar-refractivity contribution in [2.75, 3.05) is 5.32 Å².